The number of pyridine rings is 2. The summed E-state index contributed by atoms with van der Waals surface area (Å²) in [5.41, 5.74) is 1.88. The second-order valence-corrected chi connectivity index (χ2v) is 9.45. The molecule has 2 aromatic carbocycles. The fourth-order valence-corrected chi connectivity index (χ4v) is 4.74. The third-order valence-corrected chi connectivity index (χ3v) is 6.69. The van der Waals surface area contributed by atoms with Crippen LogP contribution >= 0.6 is 23.2 Å². The van der Waals surface area contributed by atoms with Crippen molar-refractivity contribution in [3.8, 4) is 0 Å². The van der Waals surface area contributed by atoms with Crippen LogP contribution in [-0.2, 0) is 4.79 Å². The highest BCUT2D eigenvalue weighted by Crippen LogP contribution is 2.27. The molecule has 0 unspecified atom stereocenters. The Balaban J connectivity index is 1.16. The Bertz CT molecular complexity index is 1400. The molecular weight excluding hydrogens is 471 g/mol. The average Bonchev–Trinajstić information content (AvgIpc) is 2.84. The van der Waals surface area contributed by atoms with E-state index in [1.54, 1.807) is 30.3 Å². The summed E-state index contributed by atoms with van der Waals surface area (Å²) in [5.74, 6) is 0.170. The number of hydrogen-bond donors (Lipinski definition) is 2. The Morgan fingerprint density at radius 1 is 0.765 bits per heavy atom. The molecule has 1 fully saturated rings. The van der Waals surface area contributed by atoms with Crippen molar-refractivity contribution in [2.24, 2.45) is 5.92 Å². The van der Waals surface area contributed by atoms with Crippen molar-refractivity contribution in [1.29, 1.82) is 0 Å². The van der Waals surface area contributed by atoms with Crippen molar-refractivity contribution >= 4 is 62.6 Å². The second-order valence-electron chi connectivity index (χ2n) is 8.58. The number of nitrogens with zero attached hydrogens (tertiary/aromatic N) is 2. The van der Waals surface area contributed by atoms with Crippen molar-refractivity contribution in [3.63, 3.8) is 0 Å². The standard InChI is InChI=1S/C26H22Cl2N4O2/c27-18-5-10-21-16(13-18)3-9-23(30-21)26(34)29-20-7-1-15(2-8-20)25(33)32-24-12-4-17-14-19(28)6-11-22(17)31-24/h3-6,9-15,20H,1-2,7-8H2,(H,29,34)(H,31,32,33)/t15-,20-. The van der Waals surface area contributed by atoms with E-state index in [2.05, 4.69) is 20.6 Å². The minimum atomic E-state index is -0.204. The van der Waals surface area contributed by atoms with Gasteiger partial charge in [-0.05, 0) is 80.3 Å². The van der Waals surface area contributed by atoms with Crippen LogP contribution in [0.15, 0.2) is 60.7 Å². The van der Waals surface area contributed by atoms with Crippen molar-refractivity contribution in [1.82, 2.24) is 15.3 Å². The second kappa shape index (κ2) is 9.57. The average molecular weight is 493 g/mol. The maximum Gasteiger partial charge on any atom is 0.270 e. The predicted molar refractivity (Wildman–Crippen MR) is 135 cm³/mol. The Kier molecular flexibility index (Phi) is 6.35. The van der Waals surface area contributed by atoms with E-state index in [0.717, 1.165) is 34.6 Å². The lowest BCUT2D eigenvalue weighted by Crippen LogP contribution is -2.39. The van der Waals surface area contributed by atoms with E-state index in [-0.39, 0.29) is 23.8 Å². The van der Waals surface area contributed by atoms with E-state index >= 15 is 0 Å². The molecule has 2 N–H and O–H groups in total. The Morgan fingerprint density at radius 2 is 1.38 bits per heavy atom. The molecule has 0 atom stereocenters. The van der Waals surface area contributed by atoms with E-state index in [4.69, 9.17) is 23.2 Å². The molecule has 1 aliphatic carbocycles. The van der Waals surface area contributed by atoms with Crippen LogP contribution in [0.3, 0.4) is 0 Å². The van der Waals surface area contributed by atoms with E-state index in [0.29, 0.717) is 34.4 Å². The zero-order chi connectivity index (χ0) is 23.7. The topological polar surface area (TPSA) is 84.0 Å². The quantitative estimate of drug-likeness (QED) is 0.364. The maximum absolute atomic E-state index is 12.8. The minimum Gasteiger partial charge on any atom is -0.348 e. The fraction of sp³-hybridized carbons (Fsp3) is 0.231. The Labute approximate surface area is 206 Å². The lowest BCUT2D eigenvalue weighted by molar-refractivity contribution is -0.120. The van der Waals surface area contributed by atoms with Gasteiger partial charge in [0.1, 0.15) is 11.5 Å². The zero-order valence-electron chi connectivity index (χ0n) is 18.2. The number of benzene rings is 2. The number of carbonyl (C=O) groups is 2. The summed E-state index contributed by atoms with van der Waals surface area (Å²) in [7, 11) is 0. The van der Waals surface area contributed by atoms with Crippen molar-refractivity contribution < 1.29 is 9.59 Å². The van der Waals surface area contributed by atoms with Crippen LogP contribution < -0.4 is 10.6 Å². The van der Waals surface area contributed by atoms with Crippen LogP contribution in [0.1, 0.15) is 36.2 Å². The van der Waals surface area contributed by atoms with Gasteiger partial charge in [0.15, 0.2) is 0 Å². The highest BCUT2D eigenvalue weighted by Gasteiger charge is 2.28. The molecule has 172 valence electrons. The lowest BCUT2D eigenvalue weighted by Gasteiger charge is -2.28. The highest BCUT2D eigenvalue weighted by atomic mass is 35.5. The number of nitrogens with one attached hydrogen (secondary N) is 2. The van der Waals surface area contributed by atoms with Gasteiger partial charge in [0.25, 0.3) is 5.91 Å². The van der Waals surface area contributed by atoms with Crippen LogP contribution in [0.5, 0.6) is 0 Å². The molecule has 1 aliphatic rings. The number of carbonyl (C=O) groups excluding carboxylic acids is 2. The molecule has 2 aromatic heterocycles. The normalized spacial score (nSPS) is 18.1. The largest absolute Gasteiger partial charge is 0.348 e. The number of amides is 2. The van der Waals surface area contributed by atoms with Gasteiger partial charge in [-0.15, -0.1) is 0 Å². The molecule has 4 aromatic rings. The molecule has 0 aliphatic heterocycles. The van der Waals surface area contributed by atoms with Gasteiger partial charge in [0.05, 0.1) is 11.0 Å². The SMILES string of the molecule is O=C(N[C@H]1CC[C@H](C(=O)Nc2ccc3cc(Cl)ccc3n2)CC1)c1ccc2cc(Cl)ccc2n1. The maximum atomic E-state index is 12.8. The minimum absolute atomic E-state index is 0.0165. The first-order valence-corrected chi connectivity index (χ1v) is 11.9. The van der Waals surface area contributed by atoms with Gasteiger partial charge in [-0.3, -0.25) is 9.59 Å². The molecule has 0 spiro atoms. The summed E-state index contributed by atoms with van der Waals surface area (Å²) in [6, 6.07) is 18.1. The number of anilines is 1. The smallest absolute Gasteiger partial charge is 0.270 e. The third kappa shape index (κ3) is 4.98. The Hall–Kier alpha value is -3.22. The van der Waals surface area contributed by atoms with E-state index < -0.39 is 0 Å². The van der Waals surface area contributed by atoms with E-state index in [1.807, 2.05) is 30.3 Å². The molecule has 0 radical (unpaired) electrons. The number of rotatable bonds is 4. The zero-order valence-corrected chi connectivity index (χ0v) is 19.7. The molecule has 0 bridgehead atoms. The third-order valence-electron chi connectivity index (χ3n) is 6.22. The molecule has 34 heavy (non-hydrogen) atoms. The van der Waals surface area contributed by atoms with Crippen LogP contribution in [0.2, 0.25) is 10.0 Å². The first-order valence-electron chi connectivity index (χ1n) is 11.2. The molecule has 1 saturated carbocycles. The summed E-state index contributed by atoms with van der Waals surface area (Å²) >= 11 is 12.0. The number of aromatic nitrogens is 2. The predicted octanol–water partition coefficient (Wildman–Crippen LogP) is 6.02. The lowest BCUT2D eigenvalue weighted by atomic mass is 9.85. The Morgan fingerprint density at radius 3 is 2.06 bits per heavy atom. The van der Waals surface area contributed by atoms with Crippen molar-refractivity contribution in [2.75, 3.05) is 5.32 Å². The highest BCUT2D eigenvalue weighted by molar-refractivity contribution is 6.31. The molecular formula is C26H22Cl2N4O2. The summed E-state index contributed by atoms with van der Waals surface area (Å²) in [5, 5.41) is 9.09. The molecule has 8 heteroatoms. The van der Waals surface area contributed by atoms with Gasteiger partial charge in [0.2, 0.25) is 5.91 Å². The molecule has 2 heterocycles. The van der Waals surface area contributed by atoms with Crippen LogP contribution in [0.25, 0.3) is 21.8 Å². The van der Waals surface area contributed by atoms with Gasteiger partial charge < -0.3 is 10.6 Å². The van der Waals surface area contributed by atoms with E-state index in [1.165, 1.54) is 0 Å². The van der Waals surface area contributed by atoms with Crippen LogP contribution in [0.4, 0.5) is 5.82 Å². The molecule has 5 rings (SSSR count). The molecule has 2 amide bonds. The summed E-state index contributed by atoms with van der Waals surface area (Å²) in [6.45, 7) is 0. The molecule has 0 saturated heterocycles. The monoisotopic (exact) mass is 492 g/mol. The summed E-state index contributed by atoms with van der Waals surface area (Å²) < 4.78 is 0. The van der Waals surface area contributed by atoms with Gasteiger partial charge in [-0.25, -0.2) is 9.97 Å². The first kappa shape index (κ1) is 22.6. The summed E-state index contributed by atoms with van der Waals surface area (Å²) in [4.78, 5) is 34.4. The number of fused-ring (bicyclic) bond motifs is 2. The van der Waals surface area contributed by atoms with Crippen LogP contribution in [0, 0.1) is 5.92 Å². The first-order chi connectivity index (χ1) is 16.4. The summed E-state index contributed by atoms with van der Waals surface area (Å²) in [6.07, 6.45) is 2.86. The fourth-order valence-electron chi connectivity index (χ4n) is 4.38. The number of halogens is 2. The van der Waals surface area contributed by atoms with Crippen molar-refractivity contribution in [3.05, 3.63) is 76.4 Å². The van der Waals surface area contributed by atoms with Crippen molar-refractivity contribution in [2.45, 2.75) is 31.7 Å². The van der Waals surface area contributed by atoms with Gasteiger partial charge >= 0.3 is 0 Å². The molecule has 6 nitrogen and oxygen atoms in total. The van der Waals surface area contributed by atoms with Crippen LogP contribution in [-0.4, -0.2) is 27.8 Å². The van der Waals surface area contributed by atoms with Gasteiger partial charge in [0, 0.05) is 32.8 Å². The van der Waals surface area contributed by atoms with Gasteiger partial charge in [-0.1, -0.05) is 29.3 Å². The number of hydrogen-bond acceptors (Lipinski definition) is 4. The van der Waals surface area contributed by atoms with E-state index in [9.17, 15) is 9.59 Å². The van der Waals surface area contributed by atoms with Gasteiger partial charge in [-0.2, -0.15) is 0 Å².